The fourth-order valence-corrected chi connectivity index (χ4v) is 1.95. The van der Waals surface area contributed by atoms with Gasteiger partial charge in [0.05, 0.1) is 20.1 Å². The third-order valence-corrected chi connectivity index (χ3v) is 3.60. The lowest BCUT2D eigenvalue weighted by molar-refractivity contribution is -0.141. The smallest absolute Gasteiger partial charge is 0.306 e. The van der Waals surface area contributed by atoms with Crippen molar-refractivity contribution in [3.63, 3.8) is 0 Å². The molecule has 0 saturated carbocycles. The predicted octanol–water partition coefficient (Wildman–Crippen LogP) is 1.65. The molecule has 20 heavy (non-hydrogen) atoms. The van der Waals surface area contributed by atoms with Gasteiger partial charge >= 0.3 is 5.97 Å². The lowest BCUT2D eigenvalue weighted by Gasteiger charge is -2.24. The Kier molecular flexibility index (Phi) is 10.7. The second-order valence-corrected chi connectivity index (χ2v) is 5.99. The zero-order valence-electron chi connectivity index (χ0n) is 13.6. The fourth-order valence-electron chi connectivity index (χ4n) is 1.95. The molecule has 0 fully saturated rings. The van der Waals surface area contributed by atoms with Crippen molar-refractivity contribution >= 4 is 5.97 Å². The van der Waals surface area contributed by atoms with Gasteiger partial charge in [-0.2, -0.15) is 0 Å². The van der Waals surface area contributed by atoms with Crippen molar-refractivity contribution in [2.24, 2.45) is 11.1 Å². The summed E-state index contributed by atoms with van der Waals surface area (Å²) in [4.78, 5) is 13.5. The van der Waals surface area contributed by atoms with Crippen LogP contribution < -0.4 is 5.73 Å². The van der Waals surface area contributed by atoms with E-state index in [-0.39, 0.29) is 11.4 Å². The second kappa shape index (κ2) is 11.1. The Morgan fingerprint density at radius 3 is 2.40 bits per heavy atom. The van der Waals surface area contributed by atoms with Crippen LogP contribution in [0.5, 0.6) is 0 Å². The maximum atomic E-state index is 11.2. The van der Waals surface area contributed by atoms with Gasteiger partial charge in [-0.1, -0.05) is 20.3 Å². The first kappa shape index (κ1) is 19.4. The third kappa shape index (κ3) is 10.2. The van der Waals surface area contributed by atoms with Gasteiger partial charge in [-0.3, -0.25) is 4.79 Å². The number of unbranched alkanes of at least 4 members (excludes halogenated alkanes) is 1. The Bertz CT molecular complexity index is 258. The van der Waals surface area contributed by atoms with E-state index in [0.717, 1.165) is 45.4 Å². The number of carbonyl (C=O) groups excluding carboxylic acids is 1. The number of hydrogen-bond acceptors (Lipinski definition) is 5. The Balaban J connectivity index is 3.94. The molecule has 0 atom stereocenters. The van der Waals surface area contributed by atoms with E-state index >= 15 is 0 Å². The molecule has 0 aliphatic carbocycles. The van der Waals surface area contributed by atoms with E-state index in [1.54, 1.807) is 7.11 Å². The Labute approximate surface area is 123 Å². The van der Waals surface area contributed by atoms with Crippen molar-refractivity contribution in [1.29, 1.82) is 0 Å². The Hall–Kier alpha value is -0.650. The Morgan fingerprint density at radius 1 is 1.15 bits per heavy atom. The van der Waals surface area contributed by atoms with Crippen LogP contribution in [0, 0.1) is 5.41 Å². The number of hydrogen-bond donors (Lipinski definition) is 1. The van der Waals surface area contributed by atoms with Crippen LogP contribution in [-0.4, -0.2) is 57.9 Å². The highest BCUT2D eigenvalue weighted by Gasteiger charge is 2.15. The van der Waals surface area contributed by atoms with Crippen molar-refractivity contribution < 1.29 is 14.3 Å². The molecule has 0 rings (SSSR count). The van der Waals surface area contributed by atoms with Gasteiger partial charge < -0.3 is 20.1 Å². The van der Waals surface area contributed by atoms with E-state index < -0.39 is 0 Å². The third-order valence-electron chi connectivity index (χ3n) is 3.60. The van der Waals surface area contributed by atoms with Crippen molar-refractivity contribution in [1.82, 2.24) is 4.90 Å². The summed E-state index contributed by atoms with van der Waals surface area (Å²) in [5.41, 5.74) is 5.96. The van der Waals surface area contributed by atoms with Gasteiger partial charge in [0.25, 0.3) is 0 Å². The maximum absolute atomic E-state index is 11.2. The minimum atomic E-state index is -0.156. The molecule has 0 aromatic heterocycles. The monoisotopic (exact) mass is 288 g/mol. The van der Waals surface area contributed by atoms with Crippen LogP contribution in [-0.2, 0) is 14.3 Å². The first-order valence-electron chi connectivity index (χ1n) is 7.43. The molecule has 0 radical (unpaired) electrons. The van der Waals surface area contributed by atoms with Crippen molar-refractivity contribution in [2.75, 3.05) is 47.0 Å². The average Bonchev–Trinajstić information content (AvgIpc) is 2.44. The van der Waals surface area contributed by atoms with E-state index in [0.29, 0.717) is 13.0 Å². The standard InChI is InChI=1S/C15H32N2O3/c1-15(2,13-16)8-5-6-9-17(11-12-19-3)10-7-14(18)20-4/h5-13,16H2,1-4H3. The SMILES string of the molecule is COCCN(CCCCC(C)(C)CN)CCC(=O)OC. The van der Waals surface area contributed by atoms with Gasteiger partial charge in [0.15, 0.2) is 0 Å². The van der Waals surface area contributed by atoms with Crippen LogP contribution in [0.4, 0.5) is 0 Å². The van der Waals surface area contributed by atoms with E-state index in [2.05, 4.69) is 23.5 Å². The fraction of sp³-hybridized carbons (Fsp3) is 0.933. The number of esters is 1. The molecule has 2 N–H and O–H groups in total. The molecule has 0 spiro atoms. The number of nitrogens with zero attached hydrogens (tertiary/aromatic N) is 1. The molecular formula is C15H32N2O3. The first-order valence-corrected chi connectivity index (χ1v) is 7.43. The number of carbonyl (C=O) groups is 1. The number of rotatable bonds is 12. The number of methoxy groups -OCH3 is 2. The normalized spacial score (nSPS) is 11.9. The molecule has 0 saturated heterocycles. The van der Waals surface area contributed by atoms with Crippen LogP contribution in [0.25, 0.3) is 0 Å². The van der Waals surface area contributed by atoms with Gasteiger partial charge in [-0.25, -0.2) is 0 Å². The minimum Gasteiger partial charge on any atom is -0.469 e. The average molecular weight is 288 g/mol. The second-order valence-electron chi connectivity index (χ2n) is 5.99. The summed E-state index contributed by atoms with van der Waals surface area (Å²) in [6.07, 6.45) is 3.85. The van der Waals surface area contributed by atoms with E-state index in [1.165, 1.54) is 7.11 Å². The van der Waals surface area contributed by atoms with E-state index in [1.807, 2.05) is 0 Å². The summed E-state index contributed by atoms with van der Waals surface area (Å²) < 4.78 is 9.79. The first-order chi connectivity index (χ1) is 9.45. The summed E-state index contributed by atoms with van der Waals surface area (Å²) >= 11 is 0. The lowest BCUT2D eigenvalue weighted by Crippen LogP contribution is -2.31. The van der Waals surface area contributed by atoms with Crippen LogP contribution in [0.3, 0.4) is 0 Å². The van der Waals surface area contributed by atoms with Gasteiger partial charge in [0.2, 0.25) is 0 Å². The van der Waals surface area contributed by atoms with Crippen LogP contribution in [0.15, 0.2) is 0 Å². The molecule has 5 heteroatoms. The highest BCUT2D eigenvalue weighted by molar-refractivity contribution is 5.69. The van der Waals surface area contributed by atoms with E-state index in [4.69, 9.17) is 10.5 Å². The van der Waals surface area contributed by atoms with Crippen molar-refractivity contribution in [3.8, 4) is 0 Å². The molecule has 0 amide bonds. The molecular weight excluding hydrogens is 256 g/mol. The Morgan fingerprint density at radius 2 is 1.85 bits per heavy atom. The summed E-state index contributed by atoms with van der Waals surface area (Å²) in [6, 6.07) is 0. The summed E-state index contributed by atoms with van der Waals surface area (Å²) in [5, 5.41) is 0. The summed E-state index contributed by atoms with van der Waals surface area (Å²) in [6.45, 7) is 8.39. The molecule has 120 valence electrons. The van der Waals surface area contributed by atoms with Gasteiger partial charge in [-0.15, -0.1) is 0 Å². The zero-order valence-corrected chi connectivity index (χ0v) is 13.6. The molecule has 0 aliphatic heterocycles. The van der Waals surface area contributed by atoms with Crippen molar-refractivity contribution in [2.45, 2.75) is 39.5 Å². The highest BCUT2D eigenvalue weighted by Crippen LogP contribution is 2.21. The van der Waals surface area contributed by atoms with E-state index in [9.17, 15) is 4.79 Å². The van der Waals surface area contributed by atoms with Gasteiger partial charge in [0.1, 0.15) is 0 Å². The number of nitrogens with two attached hydrogens (primary N) is 1. The summed E-state index contributed by atoms with van der Waals surface area (Å²) in [7, 11) is 3.12. The lowest BCUT2D eigenvalue weighted by atomic mass is 9.87. The van der Waals surface area contributed by atoms with Crippen LogP contribution in [0.1, 0.15) is 39.5 Å². The molecule has 0 aromatic carbocycles. The quantitative estimate of drug-likeness (QED) is 0.437. The van der Waals surface area contributed by atoms with Gasteiger partial charge in [-0.05, 0) is 31.3 Å². The van der Waals surface area contributed by atoms with Crippen molar-refractivity contribution in [3.05, 3.63) is 0 Å². The molecule has 0 unspecified atom stereocenters. The van der Waals surface area contributed by atoms with Crippen LogP contribution >= 0.6 is 0 Å². The highest BCUT2D eigenvalue weighted by atomic mass is 16.5. The molecule has 0 heterocycles. The topological polar surface area (TPSA) is 64.8 Å². The molecule has 5 nitrogen and oxygen atoms in total. The van der Waals surface area contributed by atoms with Crippen LogP contribution in [0.2, 0.25) is 0 Å². The molecule has 0 bridgehead atoms. The predicted molar refractivity (Wildman–Crippen MR) is 81.6 cm³/mol. The minimum absolute atomic E-state index is 0.156. The molecule has 0 aromatic rings. The zero-order chi connectivity index (χ0) is 15.4. The van der Waals surface area contributed by atoms with Gasteiger partial charge in [0, 0.05) is 20.2 Å². The summed E-state index contributed by atoms with van der Waals surface area (Å²) in [5.74, 6) is -0.156. The molecule has 0 aliphatic rings. The maximum Gasteiger partial charge on any atom is 0.306 e. The number of ether oxygens (including phenoxy) is 2. The largest absolute Gasteiger partial charge is 0.469 e.